The van der Waals surface area contributed by atoms with E-state index in [2.05, 4.69) is 279 Å². The number of hydrogen-bond donors (Lipinski definition) is 0. The summed E-state index contributed by atoms with van der Waals surface area (Å²) in [6.45, 7) is 25.5. The Hall–Kier alpha value is -8.54. The molecular formula is C73H64BN3O. The summed E-state index contributed by atoms with van der Waals surface area (Å²) in [4.78, 5) is 5.27. The van der Waals surface area contributed by atoms with Gasteiger partial charge in [0.25, 0.3) is 6.71 Å². The van der Waals surface area contributed by atoms with Gasteiger partial charge in [0.2, 0.25) is 0 Å². The van der Waals surface area contributed by atoms with E-state index in [1.54, 1.807) is 0 Å². The van der Waals surface area contributed by atoms with E-state index in [9.17, 15) is 0 Å². The van der Waals surface area contributed by atoms with E-state index in [0.29, 0.717) is 0 Å². The number of anilines is 6. The fourth-order valence-corrected chi connectivity index (χ4v) is 13.5. The topological polar surface area (TPSA) is 24.6 Å². The van der Waals surface area contributed by atoms with Gasteiger partial charge in [0.15, 0.2) is 0 Å². The molecule has 0 unspecified atom stereocenters. The van der Waals surface area contributed by atoms with Gasteiger partial charge >= 0.3 is 0 Å². The molecule has 14 rings (SSSR count). The lowest BCUT2D eigenvalue weighted by atomic mass is 9.33. The SMILES string of the molecule is Cc1cc2c3c(c1)N(c1c(C)cc(-c4cccc5c4oc4ccccc45)cc1C)c1cc4c(cc1B3c1cc(C(C)(C)C)ccc1N2c1c(C)cc(-c2ccccc2)cc1C)c1cc(C(C)(C)C)ccc1n4-c1ccccc1. The molecule has 380 valence electrons. The van der Waals surface area contributed by atoms with Crippen LogP contribution in [0.15, 0.2) is 192 Å². The zero-order chi connectivity index (χ0) is 53.7. The minimum atomic E-state index is -0.0813. The first-order valence-electron chi connectivity index (χ1n) is 27.8. The Labute approximate surface area is 459 Å². The van der Waals surface area contributed by atoms with E-state index in [1.165, 1.54) is 122 Å². The Kier molecular flexibility index (Phi) is 10.6. The van der Waals surface area contributed by atoms with Crippen molar-refractivity contribution >= 4 is 101 Å². The van der Waals surface area contributed by atoms with Crippen LogP contribution in [0.25, 0.3) is 71.7 Å². The van der Waals surface area contributed by atoms with Crippen molar-refractivity contribution in [3.05, 3.63) is 227 Å². The van der Waals surface area contributed by atoms with Crippen molar-refractivity contribution in [1.29, 1.82) is 0 Å². The van der Waals surface area contributed by atoms with Gasteiger partial charge in [0.05, 0.1) is 22.4 Å². The molecule has 0 spiro atoms. The molecule has 10 aromatic carbocycles. The third-order valence-corrected chi connectivity index (χ3v) is 17.1. The van der Waals surface area contributed by atoms with Gasteiger partial charge in [-0.25, -0.2) is 0 Å². The fourth-order valence-electron chi connectivity index (χ4n) is 13.5. The van der Waals surface area contributed by atoms with Crippen molar-refractivity contribution in [3.8, 4) is 27.9 Å². The highest BCUT2D eigenvalue weighted by molar-refractivity contribution is 7.00. The van der Waals surface area contributed by atoms with Crippen molar-refractivity contribution in [3.63, 3.8) is 0 Å². The summed E-state index contributed by atoms with van der Waals surface area (Å²) in [5.74, 6) is 0. The molecule has 0 radical (unpaired) electrons. The maximum Gasteiger partial charge on any atom is 0.252 e. The fraction of sp³-hybridized carbons (Fsp3) is 0.178. The first-order valence-corrected chi connectivity index (χ1v) is 27.8. The van der Waals surface area contributed by atoms with E-state index in [0.717, 1.165) is 38.8 Å². The van der Waals surface area contributed by atoms with Crippen LogP contribution in [0.1, 0.15) is 80.5 Å². The lowest BCUT2D eigenvalue weighted by molar-refractivity contribution is 0.590. The van der Waals surface area contributed by atoms with Crippen molar-refractivity contribution in [2.75, 3.05) is 9.80 Å². The predicted molar refractivity (Wildman–Crippen MR) is 334 cm³/mol. The maximum atomic E-state index is 6.69. The number of nitrogens with zero attached hydrogens (tertiary/aromatic N) is 3. The average molecular weight is 1010 g/mol. The average Bonchev–Trinajstić information content (AvgIpc) is 3.43. The van der Waals surface area contributed by atoms with Crippen LogP contribution in [0.3, 0.4) is 0 Å². The Morgan fingerprint density at radius 1 is 0.397 bits per heavy atom. The summed E-state index contributed by atoms with van der Waals surface area (Å²) in [5, 5.41) is 4.81. The van der Waals surface area contributed by atoms with Crippen LogP contribution >= 0.6 is 0 Å². The van der Waals surface area contributed by atoms with E-state index in [1.807, 2.05) is 0 Å². The molecular weight excluding hydrogens is 946 g/mol. The van der Waals surface area contributed by atoms with E-state index < -0.39 is 0 Å². The molecule has 2 aromatic heterocycles. The van der Waals surface area contributed by atoms with Crippen molar-refractivity contribution in [1.82, 2.24) is 4.57 Å². The predicted octanol–water partition coefficient (Wildman–Crippen LogP) is 18.2. The largest absolute Gasteiger partial charge is 0.455 e. The van der Waals surface area contributed by atoms with Gasteiger partial charge in [0, 0.05) is 55.5 Å². The minimum Gasteiger partial charge on any atom is -0.455 e. The first kappa shape index (κ1) is 47.9. The molecule has 5 heteroatoms. The summed E-state index contributed by atoms with van der Waals surface area (Å²) >= 11 is 0. The van der Waals surface area contributed by atoms with Gasteiger partial charge in [-0.2, -0.15) is 0 Å². The molecule has 78 heavy (non-hydrogen) atoms. The molecule has 4 heterocycles. The smallest absolute Gasteiger partial charge is 0.252 e. The summed E-state index contributed by atoms with van der Waals surface area (Å²) in [7, 11) is 0. The van der Waals surface area contributed by atoms with Gasteiger partial charge in [-0.15, -0.1) is 0 Å². The van der Waals surface area contributed by atoms with Crippen LogP contribution in [0.2, 0.25) is 0 Å². The number of benzene rings is 10. The quantitative estimate of drug-likeness (QED) is 0.161. The molecule has 0 bridgehead atoms. The van der Waals surface area contributed by atoms with E-state index >= 15 is 0 Å². The minimum absolute atomic E-state index is 0.0338. The molecule has 4 nitrogen and oxygen atoms in total. The number of furan rings is 1. The van der Waals surface area contributed by atoms with Crippen molar-refractivity contribution < 1.29 is 4.42 Å². The molecule has 2 aliphatic rings. The number of aromatic nitrogens is 1. The van der Waals surface area contributed by atoms with Gasteiger partial charge in [0.1, 0.15) is 11.2 Å². The van der Waals surface area contributed by atoms with Gasteiger partial charge < -0.3 is 18.8 Å². The van der Waals surface area contributed by atoms with Crippen molar-refractivity contribution in [2.45, 2.75) is 87.0 Å². The maximum absolute atomic E-state index is 6.69. The van der Waals surface area contributed by atoms with E-state index in [4.69, 9.17) is 4.42 Å². The third kappa shape index (κ3) is 7.27. The molecule has 12 aromatic rings. The summed E-state index contributed by atoms with van der Waals surface area (Å²) in [6.07, 6.45) is 0. The molecule has 0 N–H and O–H groups in total. The second kappa shape index (κ2) is 17.2. The van der Waals surface area contributed by atoms with Gasteiger partial charge in [-0.05, 0) is 196 Å². The standard InChI is InChI=1S/C73H64BN3O/c1-43-33-65-68-66(34-43)77(70-46(4)37-50(38-47(70)5)54-26-20-27-56-55-25-18-19-28-67(55)78-71(54)56)64-42-63-58(57-39-51(72(6,7)8)29-31-61(57)75(63)53-23-16-13-17-24-53)41-60(64)74(68)59-40-52(73(9,10)11)30-32-62(59)76(65)69-44(2)35-49(36-45(69)3)48-21-14-12-15-22-48/h12-42H,1-11H3. The second-order valence-corrected chi connectivity index (χ2v) is 24.5. The lowest BCUT2D eigenvalue weighted by Gasteiger charge is -2.46. The lowest BCUT2D eigenvalue weighted by Crippen LogP contribution is -2.61. The van der Waals surface area contributed by atoms with Crippen LogP contribution in [0, 0.1) is 34.6 Å². The van der Waals surface area contributed by atoms with Gasteiger partial charge in [-0.1, -0.05) is 151 Å². The monoisotopic (exact) mass is 1010 g/mol. The highest BCUT2D eigenvalue weighted by atomic mass is 16.3. The van der Waals surface area contributed by atoms with E-state index in [-0.39, 0.29) is 17.5 Å². The Morgan fingerprint density at radius 2 is 0.949 bits per heavy atom. The second-order valence-electron chi connectivity index (χ2n) is 24.5. The van der Waals surface area contributed by atoms with Crippen LogP contribution in [0.5, 0.6) is 0 Å². The number of hydrogen-bond acceptors (Lipinski definition) is 3. The van der Waals surface area contributed by atoms with Gasteiger partial charge in [-0.3, -0.25) is 0 Å². The molecule has 0 amide bonds. The summed E-state index contributed by atoms with van der Waals surface area (Å²) in [5.41, 5.74) is 30.0. The molecule has 0 atom stereocenters. The Balaban J connectivity index is 1.09. The van der Waals surface area contributed by atoms with Crippen LogP contribution in [-0.2, 0) is 10.8 Å². The number of rotatable bonds is 5. The molecule has 2 aliphatic heterocycles. The number of fused-ring (bicyclic) bond motifs is 10. The van der Waals surface area contributed by atoms with Crippen LogP contribution in [-0.4, -0.2) is 11.3 Å². The highest BCUT2D eigenvalue weighted by Gasteiger charge is 2.45. The van der Waals surface area contributed by atoms with Crippen LogP contribution < -0.4 is 26.2 Å². The molecule has 0 aliphatic carbocycles. The number of para-hydroxylation sites is 3. The Bertz CT molecular complexity index is 4420. The molecule has 0 fully saturated rings. The molecule has 0 saturated carbocycles. The summed E-state index contributed by atoms with van der Waals surface area (Å²) in [6, 6.07) is 70.9. The normalized spacial score (nSPS) is 13.2. The third-order valence-electron chi connectivity index (χ3n) is 17.1. The Morgan fingerprint density at radius 3 is 1.62 bits per heavy atom. The molecule has 0 saturated heterocycles. The first-order chi connectivity index (χ1) is 37.5. The summed E-state index contributed by atoms with van der Waals surface area (Å²) < 4.78 is 9.19. The highest BCUT2D eigenvalue weighted by Crippen LogP contribution is 2.50. The van der Waals surface area contributed by atoms with Crippen molar-refractivity contribution in [2.24, 2.45) is 0 Å². The zero-order valence-electron chi connectivity index (χ0n) is 46.7. The van der Waals surface area contributed by atoms with Crippen LogP contribution in [0.4, 0.5) is 34.1 Å². The zero-order valence-corrected chi connectivity index (χ0v) is 46.7. The number of aryl methyl sites for hydroxylation is 5.